The van der Waals surface area contributed by atoms with E-state index in [-0.39, 0.29) is 17.9 Å². The predicted molar refractivity (Wildman–Crippen MR) is 82.6 cm³/mol. The lowest BCUT2D eigenvalue weighted by Gasteiger charge is -2.30. The largest absolute Gasteiger partial charge is 0.379 e. The first kappa shape index (κ1) is 17.4. The molecule has 1 fully saturated rings. The second-order valence-corrected chi connectivity index (χ2v) is 6.74. The van der Waals surface area contributed by atoms with Crippen LogP contribution in [-0.4, -0.2) is 49.7 Å². The first-order valence-electron chi connectivity index (χ1n) is 8.05. The molecule has 2 unspecified atom stereocenters. The van der Waals surface area contributed by atoms with Crippen LogP contribution in [0.4, 0.5) is 0 Å². The number of ether oxygens (including phenoxy) is 1. The molecule has 1 N–H and O–H groups in total. The van der Waals surface area contributed by atoms with Crippen LogP contribution in [0.3, 0.4) is 0 Å². The van der Waals surface area contributed by atoms with E-state index < -0.39 is 0 Å². The maximum Gasteiger partial charge on any atom is 0.229 e. The molecule has 0 aromatic carbocycles. The third-order valence-electron chi connectivity index (χ3n) is 3.54. The van der Waals surface area contributed by atoms with Gasteiger partial charge >= 0.3 is 0 Å². The number of nitrogens with zero attached hydrogens (tertiary/aromatic N) is 1. The molecule has 0 spiro atoms. The Balaban J connectivity index is 2.66. The molecule has 0 aliphatic carbocycles. The van der Waals surface area contributed by atoms with Crippen molar-refractivity contribution in [3.05, 3.63) is 0 Å². The molecule has 0 aromatic rings. The van der Waals surface area contributed by atoms with Gasteiger partial charge in [-0.2, -0.15) is 0 Å². The molecule has 1 amide bonds. The third kappa shape index (κ3) is 5.41. The van der Waals surface area contributed by atoms with Gasteiger partial charge in [0, 0.05) is 19.1 Å². The summed E-state index contributed by atoms with van der Waals surface area (Å²) in [6.07, 6.45) is 1.08. The Bertz CT molecular complexity index is 282. The quantitative estimate of drug-likeness (QED) is 0.742. The van der Waals surface area contributed by atoms with Crippen LogP contribution < -0.4 is 5.32 Å². The summed E-state index contributed by atoms with van der Waals surface area (Å²) in [6, 6.07) is 0.185. The maximum absolute atomic E-state index is 12.8. The molecule has 1 aliphatic rings. The first-order valence-corrected chi connectivity index (χ1v) is 8.05. The molecule has 1 aliphatic heterocycles. The number of hydrogen-bond donors (Lipinski definition) is 1. The van der Waals surface area contributed by atoms with E-state index in [1.807, 2.05) is 4.90 Å². The fourth-order valence-electron chi connectivity index (χ4n) is 2.70. The Morgan fingerprint density at radius 3 is 2.30 bits per heavy atom. The van der Waals surface area contributed by atoms with E-state index in [2.05, 4.69) is 39.9 Å². The van der Waals surface area contributed by atoms with Crippen molar-refractivity contribution in [2.45, 2.75) is 47.1 Å². The second kappa shape index (κ2) is 8.63. The summed E-state index contributed by atoms with van der Waals surface area (Å²) >= 11 is 0. The Labute approximate surface area is 124 Å². The van der Waals surface area contributed by atoms with E-state index in [0.717, 1.165) is 26.1 Å². The SMILES string of the molecule is CCCNC1COCC1C(=O)N(CC(C)C)CC(C)C. The van der Waals surface area contributed by atoms with Crippen LogP contribution in [-0.2, 0) is 9.53 Å². The van der Waals surface area contributed by atoms with Crippen molar-refractivity contribution in [3.8, 4) is 0 Å². The van der Waals surface area contributed by atoms with Gasteiger partial charge in [0.05, 0.1) is 19.1 Å². The van der Waals surface area contributed by atoms with Crippen LogP contribution in [0, 0.1) is 17.8 Å². The summed E-state index contributed by atoms with van der Waals surface area (Å²) in [5.41, 5.74) is 0. The van der Waals surface area contributed by atoms with Crippen LogP contribution in [0.25, 0.3) is 0 Å². The molecule has 1 rings (SSSR count). The Kier molecular flexibility index (Phi) is 7.52. The standard InChI is InChI=1S/C16H32N2O2/c1-6-7-17-15-11-20-10-14(15)16(19)18(8-12(2)3)9-13(4)5/h12-15,17H,6-11H2,1-5H3. The molecule has 118 valence electrons. The van der Waals surface area contributed by atoms with Crippen molar-refractivity contribution < 1.29 is 9.53 Å². The van der Waals surface area contributed by atoms with Gasteiger partial charge in [0.1, 0.15) is 0 Å². The van der Waals surface area contributed by atoms with E-state index in [4.69, 9.17) is 4.74 Å². The molecular formula is C16H32N2O2. The number of hydrogen-bond acceptors (Lipinski definition) is 3. The van der Waals surface area contributed by atoms with Crippen LogP contribution >= 0.6 is 0 Å². The van der Waals surface area contributed by atoms with Gasteiger partial charge in [-0.15, -0.1) is 0 Å². The molecule has 1 heterocycles. The average Bonchev–Trinajstić information content (AvgIpc) is 2.81. The zero-order chi connectivity index (χ0) is 15.1. The highest BCUT2D eigenvalue weighted by Gasteiger charge is 2.36. The molecule has 0 radical (unpaired) electrons. The highest BCUT2D eigenvalue weighted by molar-refractivity contribution is 5.80. The van der Waals surface area contributed by atoms with E-state index in [1.54, 1.807) is 0 Å². The minimum absolute atomic E-state index is 0.0148. The lowest BCUT2D eigenvalue weighted by Crippen LogP contribution is -2.47. The summed E-state index contributed by atoms with van der Waals surface area (Å²) in [4.78, 5) is 14.8. The summed E-state index contributed by atoms with van der Waals surface area (Å²) in [5.74, 6) is 1.25. The van der Waals surface area contributed by atoms with Crippen molar-refractivity contribution in [1.29, 1.82) is 0 Å². The molecule has 2 atom stereocenters. The van der Waals surface area contributed by atoms with Gasteiger partial charge in [-0.3, -0.25) is 4.79 Å². The van der Waals surface area contributed by atoms with Crippen LogP contribution in [0.15, 0.2) is 0 Å². The van der Waals surface area contributed by atoms with E-state index in [1.165, 1.54) is 0 Å². The third-order valence-corrected chi connectivity index (χ3v) is 3.54. The van der Waals surface area contributed by atoms with Crippen molar-refractivity contribution in [1.82, 2.24) is 10.2 Å². The molecule has 0 saturated carbocycles. The minimum Gasteiger partial charge on any atom is -0.379 e. The Hall–Kier alpha value is -0.610. The average molecular weight is 284 g/mol. The molecule has 0 aromatic heterocycles. The smallest absolute Gasteiger partial charge is 0.229 e. The number of carbonyl (C=O) groups is 1. The normalized spacial score (nSPS) is 22.8. The van der Waals surface area contributed by atoms with Crippen molar-refractivity contribution >= 4 is 5.91 Å². The van der Waals surface area contributed by atoms with Gasteiger partial charge in [-0.05, 0) is 24.8 Å². The number of nitrogens with one attached hydrogen (secondary N) is 1. The lowest BCUT2D eigenvalue weighted by molar-refractivity contribution is -0.137. The summed E-state index contributed by atoms with van der Waals surface area (Å²) < 4.78 is 5.54. The van der Waals surface area contributed by atoms with Crippen molar-refractivity contribution in [3.63, 3.8) is 0 Å². The fraction of sp³-hybridized carbons (Fsp3) is 0.938. The first-order chi connectivity index (χ1) is 9.45. The zero-order valence-electron chi connectivity index (χ0n) is 13.8. The van der Waals surface area contributed by atoms with E-state index in [0.29, 0.717) is 25.0 Å². The van der Waals surface area contributed by atoms with Gasteiger partial charge in [-0.25, -0.2) is 0 Å². The molecule has 0 bridgehead atoms. The summed E-state index contributed by atoms with van der Waals surface area (Å²) in [5, 5.41) is 3.45. The van der Waals surface area contributed by atoms with Gasteiger partial charge in [0.15, 0.2) is 0 Å². The highest BCUT2D eigenvalue weighted by atomic mass is 16.5. The van der Waals surface area contributed by atoms with E-state index in [9.17, 15) is 4.79 Å². The zero-order valence-corrected chi connectivity index (χ0v) is 13.8. The summed E-state index contributed by atoms with van der Waals surface area (Å²) in [7, 11) is 0. The maximum atomic E-state index is 12.8. The van der Waals surface area contributed by atoms with Gasteiger partial charge in [0.2, 0.25) is 5.91 Å². The number of rotatable bonds is 8. The van der Waals surface area contributed by atoms with Gasteiger partial charge in [-0.1, -0.05) is 34.6 Å². The predicted octanol–water partition coefficient (Wildman–Crippen LogP) is 2.14. The minimum atomic E-state index is -0.0148. The van der Waals surface area contributed by atoms with Crippen molar-refractivity contribution in [2.24, 2.45) is 17.8 Å². The molecule has 4 heteroatoms. The van der Waals surface area contributed by atoms with E-state index >= 15 is 0 Å². The molecular weight excluding hydrogens is 252 g/mol. The fourth-order valence-corrected chi connectivity index (χ4v) is 2.70. The Morgan fingerprint density at radius 2 is 1.80 bits per heavy atom. The molecule has 1 saturated heterocycles. The highest BCUT2D eigenvalue weighted by Crippen LogP contribution is 2.18. The van der Waals surface area contributed by atoms with Crippen LogP contribution in [0.1, 0.15) is 41.0 Å². The lowest BCUT2D eigenvalue weighted by atomic mass is 10.00. The monoisotopic (exact) mass is 284 g/mol. The topological polar surface area (TPSA) is 41.6 Å². The van der Waals surface area contributed by atoms with Gasteiger partial charge in [0.25, 0.3) is 0 Å². The second-order valence-electron chi connectivity index (χ2n) is 6.74. The number of carbonyl (C=O) groups excluding carboxylic acids is 1. The van der Waals surface area contributed by atoms with Crippen LogP contribution in [0.2, 0.25) is 0 Å². The van der Waals surface area contributed by atoms with Gasteiger partial charge < -0.3 is 15.0 Å². The molecule has 4 nitrogen and oxygen atoms in total. The summed E-state index contributed by atoms with van der Waals surface area (Å²) in [6.45, 7) is 14.7. The number of amides is 1. The van der Waals surface area contributed by atoms with Crippen LogP contribution in [0.5, 0.6) is 0 Å². The van der Waals surface area contributed by atoms with Crippen molar-refractivity contribution in [2.75, 3.05) is 32.8 Å². The molecule has 20 heavy (non-hydrogen) atoms. The Morgan fingerprint density at radius 1 is 1.20 bits per heavy atom.